The standard InChI is InChI=1S/C70H120O6/c1-4-7-10-13-16-18-20-22-24-26-28-30-31-32-33-34-35-36-37-38-39-41-42-44-46-48-50-52-54-57-60-63-69(72)75-66-67(65-74-68(71)62-59-56-15-12-9-6-3)76-70(73)64-61-58-55-53-51-49-47-45-43-40-29-27-25-23-21-19-17-14-11-8-5-2/h8,11,17,19-20,22-23,25-26,28-29,31-32,40,45,47,67H,4-7,9-10,12-16,18,21,24,27,30,33-39,41-44,46,48-66H2,1-3H3/b11-8-,19-17-,22-20-,25-23-,28-26-,32-31-,40-29-,47-45-. The van der Waals surface area contributed by atoms with Crippen LogP contribution >= 0.6 is 0 Å². The molecule has 0 spiro atoms. The largest absolute Gasteiger partial charge is 0.462 e. The summed E-state index contributed by atoms with van der Waals surface area (Å²) in [4.78, 5) is 38.0. The molecule has 0 aromatic rings. The molecule has 0 saturated carbocycles. The van der Waals surface area contributed by atoms with Gasteiger partial charge < -0.3 is 14.2 Å². The second-order valence-corrected chi connectivity index (χ2v) is 21.3. The van der Waals surface area contributed by atoms with E-state index < -0.39 is 6.10 Å². The van der Waals surface area contributed by atoms with Gasteiger partial charge in [0, 0.05) is 19.3 Å². The number of carbonyl (C=O) groups is 3. The first kappa shape index (κ1) is 72.3. The van der Waals surface area contributed by atoms with Crippen LogP contribution < -0.4 is 0 Å². The SMILES string of the molecule is CC/C=C\C/C=C\C/C=C\C/C=C\C/C=C\CCCCCCCC(=O)OC(COC(=O)CCCCCCCC)COC(=O)CCCCCCCCCCCCCCCCCC/C=C\C/C=C\C/C=C\CCCCCCC. The van der Waals surface area contributed by atoms with E-state index in [1.807, 2.05) is 0 Å². The molecule has 0 aliphatic heterocycles. The van der Waals surface area contributed by atoms with Gasteiger partial charge in [-0.3, -0.25) is 14.4 Å². The minimum Gasteiger partial charge on any atom is -0.462 e. The summed E-state index contributed by atoms with van der Waals surface area (Å²) in [5, 5.41) is 0. The Balaban J connectivity index is 4.07. The Morgan fingerprint density at radius 1 is 0.276 bits per heavy atom. The topological polar surface area (TPSA) is 78.9 Å². The minimum absolute atomic E-state index is 0.0838. The Morgan fingerprint density at radius 3 is 0.803 bits per heavy atom. The number of ether oxygens (including phenoxy) is 3. The summed E-state index contributed by atoms with van der Waals surface area (Å²) in [6.07, 6.45) is 86.0. The third kappa shape index (κ3) is 61.2. The third-order valence-electron chi connectivity index (χ3n) is 13.8. The van der Waals surface area contributed by atoms with Crippen molar-refractivity contribution in [3.63, 3.8) is 0 Å². The maximum Gasteiger partial charge on any atom is 0.306 e. The van der Waals surface area contributed by atoms with E-state index in [1.54, 1.807) is 0 Å². The van der Waals surface area contributed by atoms with E-state index in [4.69, 9.17) is 14.2 Å². The molecule has 0 amide bonds. The van der Waals surface area contributed by atoms with Crippen LogP contribution in [0.2, 0.25) is 0 Å². The van der Waals surface area contributed by atoms with E-state index in [2.05, 4.69) is 118 Å². The number of hydrogen-bond donors (Lipinski definition) is 0. The fourth-order valence-corrected chi connectivity index (χ4v) is 9.01. The van der Waals surface area contributed by atoms with E-state index in [1.165, 1.54) is 148 Å². The van der Waals surface area contributed by atoms with Gasteiger partial charge in [-0.1, -0.05) is 285 Å². The molecule has 6 nitrogen and oxygen atoms in total. The summed E-state index contributed by atoms with van der Waals surface area (Å²) in [5.41, 5.74) is 0. The van der Waals surface area contributed by atoms with Crippen LogP contribution in [0, 0.1) is 0 Å². The summed E-state index contributed by atoms with van der Waals surface area (Å²) < 4.78 is 16.8. The molecule has 0 heterocycles. The Labute approximate surface area is 470 Å². The summed E-state index contributed by atoms with van der Waals surface area (Å²) in [5.74, 6) is -0.905. The van der Waals surface area contributed by atoms with E-state index >= 15 is 0 Å². The second-order valence-electron chi connectivity index (χ2n) is 21.3. The summed E-state index contributed by atoms with van der Waals surface area (Å²) in [7, 11) is 0. The molecule has 0 N–H and O–H groups in total. The number of unbranched alkanes of at least 4 members (excludes halogenated alkanes) is 31. The second kappa shape index (κ2) is 63.9. The van der Waals surface area contributed by atoms with Crippen molar-refractivity contribution in [3.05, 3.63) is 97.2 Å². The lowest BCUT2D eigenvalue weighted by molar-refractivity contribution is -0.167. The minimum atomic E-state index is -0.785. The maximum atomic E-state index is 12.8. The molecule has 0 aromatic heterocycles. The van der Waals surface area contributed by atoms with Gasteiger partial charge in [0.15, 0.2) is 6.10 Å². The first-order valence-electron chi connectivity index (χ1n) is 32.2. The highest BCUT2D eigenvalue weighted by atomic mass is 16.6. The summed E-state index contributed by atoms with van der Waals surface area (Å²) >= 11 is 0. The molecule has 0 aliphatic rings. The van der Waals surface area contributed by atoms with Gasteiger partial charge in [0.2, 0.25) is 0 Å². The van der Waals surface area contributed by atoms with Gasteiger partial charge >= 0.3 is 17.9 Å². The van der Waals surface area contributed by atoms with Crippen LogP contribution in [0.5, 0.6) is 0 Å². The molecule has 0 bridgehead atoms. The maximum absolute atomic E-state index is 12.8. The average molecular weight is 1060 g/mol. The first-order chi connectivity index (χ1) is 37.5. The van der Waals surface area contributed by atoms with E-state index in [-0.39, 0.29) is 31.1 Å². The lowest BCUT2D eigenvalue weighted by Crippen LogP contribution is -2.30. The Morgan fingerprint density at radius 2 is 0.513 bits per heavy atom. The zero-order valence-electron chi connectivity index (χ0n) is 50.0. The van der Waals surface area contributed by atoms with Gasteiger partial charge in [-0.15, -0.1) is 0 Å². The molecule has 0 saturated heterocycles. The molecule has 436 valence electrons. The van der Waals surface area contributed by atoms with Crippen LogP contribution in [-0.4, -0.2) is 37.2 Å². The molecule has 1 unspecified atom stereocenters. The van der Waals surface area contributed by atoms with E-state index in [0.29, 0.717) is 19.3 Å². The number of carbonyl (C=O) groups excluding carboxylic acids is 3. The van der Waals surface area contributed by atoms with Gasteiger partial charge in [0.05, 0.1) is 0 Å². The smallest absolute Gasteiger partial charge is 0.306 e. The van der Waals surface area contributed by atoms with Crippen molar-refractivity contribution in [2.24, 2.45) is 0 Å². The van der Waals surface area contributed by atoms with Crippen molar-refractivity contribution in [2.75, 3.05) is 13.2 Å². The van der Waals surface area contributed by atoms with Crippen LogP contribution in [0.15, 0.2) is 97.2 Å². The zero-order valence-corrected chi connectivity index (χ0v) is 50.0. The van der Waals surface area contributed by atoms with Crippen LogP contribution in [0.1, 0.15) is 310 Å². The molecular formula is C70H120O6. The number of hydrogen-bond acceptors (Lipinski definition) is 6. The van der Waals surface area contributed by atoms with Crippen molar-refractivity contribution in [1.29, 1.82) is 0 Å². The highest BCUT2D eigenvalue weighted by molar-refractivity contribution is 5.71. The summed E-state index contributed by atoms with van der Waals surface area (Å²) in [6.45, 7) is 6.46. The van der Waals surface area contributed by atoms with E-state index in [0.717, 1.165) is 122 Å². The Hall–Kier alpha value is -3.67. The number of allylic oxidation sites excluding steroid dienone is 16. The fourth-order valence-electron chi connectivity index (χ4n) is 9.01. The molecule has 0 fully saturated rings. The highest BCUT2D eigenvalue weighted by Gasteiger charge is 2.19. The predicted molar refractivity (Wildman–Crippen MR) is 330 cm³/mol. The van der Waals surface area contributed by atoms with Crippen LogP contribution in [0.25, 0.3) is 0 Å². The Kier molecular flexibility index (Phi) is 60.8. The van der Waals surface area contributed by atoms with Crippen molar-refractivity contribution in [3.8, 4) is 0 Å². The predicted octanol–water partition coefficient (Wildman–Crippen LogP) is 22.0. The average Bonchev–Trinajstić information content (AvgIpc) is 3.42. The lowest BCUT2D eigenvalue weighted by atomic mass is 10.0. The van der Waals surface area contributed by atoms with Gasteiger partial charge in [0.1, 0.15) is 13.2 Å². The van der Waals surface area contributed by atoms with Gasteiger partial charge in [-0.25, -0.2) is 0 Å². The highest BCUT2D eigenvalue weighted by Crippen LogP contribution is 2.16. The molecule has 0 radical (unpaired) electrons. The van der Waals surface area contributed by atoms with Crippen molar-refractivity contribution in [2.45, 2.75) is 316 Å². The van der Waals surface area contributed by atoms with Crippen LogP contribution in [-0.2, 0) is 28.6 Å². The number of rotatable bonds is 58. The van der Waals surface area contributed by atoms with Crippen molar-refractivity contribution >= 4 is 17.9 Å². The fraction of sp³-hybridized carbons (Fsp3) is 0.729. The lowest BCUT2D eigenvalue weighted by Gasteiger charge is -2.18. The number of esters is 3. The van der Waals surface area contributed by atoms with Crippen LogP contribution in [0.3, 0.4) is 0 Å². The molecule has 6 heteroatoms. The van der Waals surface area contributed by atoms with Gasteiger partial charge in [-0.2, -0.15) is 0 Å². The van der Waals surface area contributed by atoms with E-state index in [9.17, 15) is 14.4 Å². The van der Waals surface area contributed by atoms with Crippen molar-refractivity contribution in [1.82, 2.24) is 0 Å². The van der Waals surface area contributed by atoms with Gasteiger partial charge in [-0.05, 0) is 103 Å². The zero-order chi connectivity index (χ0) is 55.0. The van der Waals surface area contributed by atoms with Crippen LogP contribution in [0.4, 0.5) is 0 Å². The summed E-state index contributed by atoms with van der Waals surface area (Å²) in [6, 6.07) is 0. The van der Waals surface area contributed by atoms with Gasteiger partial charge in [0.25, 0.3) is 0 Å². The molecule has 0 aromatic carbocycles. The molecule has 0 rings (SSSR count). The quantitative estimate of drug-likeness (QED) is 0.0261. The Bertz CT molecular complexity index is 1490. The normalized spacial score (nSPS) is 12.7. The molecule has 1 atom stereocenters. The molecular weight excluding hydrogens is 937 g/mol. The molecule has 0 aliphatic carbocycles. The first-order valence-corrected chi connectivity index (χ1v) is 32.2. The monoisotopic (exact) mass is 1060 g/mol. The molecule has 76 heavy (non-hydrogen) atoms. The third-order valence-corrected chi connectivity index (χ3v) is 13.8. The van der Waals surface area contributed by atoms with Crippen molar-refractivity contribution < 1.29 is 28.6 Å².